The Morgan fingerprint density at radius 1 is 1.00 bits per heavy atom. The second kappa shape index (κ2) is 7.70. The molecule has 4 nitrogen and oxygen atoms in total. The number of thiazole rings is 1. The molecule has 3 rings (SSSR count). The fraction of sp³-hybridized carbons (Fsp3) is 0.238. The van der Waals surface area contributed by atoms with E-state index in [1.54, 1.807) is 0 Å². The lowest BCUT2D eigenvalue weighted by Crippen LogP contribution is -2.19. The van der Waals surface area contributed by atoms with Gasteiger partial charge in [0.15, 0.2) is 5.13 Å². The van der Waals surface area contributed by atoms with Crippen molar-refractivity contribution in [2.75, 3.05) is 10.6 Å². The van der Waals surface area contributed by atoms with Gasteiger partial charge in [-0.1, -0.05) is 44.2 Å². The van der Waals surface area contributed by atoms with Crippen LogP contribution in [0.25, 0.3) is 11.3 Å². The molecule has 0 fully saturated rings. The number of rotatable bonds is 4. The molecular weight excluding hydrogens is 342 g/mol. The lowest BCUT2D eigenvalue weighted by molar-refractivity contribution is 0.262. The molecule has 3 aromatic rings. The molecule has 0 atom stereocenters. The van der Waals surface area contributed by atoms with Crippen molar-refractivity contribution in [1.29, 1.82) is 0 Å². The van der Waals surface area contributed by atoms with Crippen molar-refractivity contribution in [3.63, 3.8) is 0 Å². The first-order valence-electron chi connectivity index (χ1n) is 8.63. The summed E-state index contributed by atoms with van der Waals surface area (Å²) in [4.78, 5) is 16.7. The molecule has 0 spiro atoms. The Morgan fingerprint density at radius 2 is 1.65 bits per heavy atom. The number of aromatic nitrogens is 1. The van der Waals surface area contributed by atoms with Gasteiger partial charge in [-0.25, -0.2) is 9.78 Å². The van der Waals surface area contributed by atoms with E-state index in [1.807, 2.05) is 31.4 Å². The van der Waals surface area contributed by atoms with E-state index in [0.717, 1.165) is 28.1 Å². The molecule has 0 aliphatic carbocycles. The molecule has 0 unspecified atom stereocenters. The molecule has 0 radical (unpaired) electrons. The number of hydrogen-bond acceptors (Lipinski definition) is 3. The van der Waals surface area contributed by atoms with Crippen LogP contribution >= 0.6 is 11.3 Å². The second-order valence-corrected chi connectivity index (χ2v) is 7.63. The molecule has 134 valence electrons. The maximum atomic E-state index is 12.2. The molecule has 0 bridgehead atoms. The number of hydrogen-bond donors (Lipinski definition) is 2. The van der Waals surface area contributed by atoms with E-state index in [0.29, 0.717) is 11.0 Å². The standard InChI is InChI=1S/C21H23N3OS/c1-13(2)16-5-7-17(8-6-16)19-12-26-21(23-19)24-20(25)22-18-10-14(3)9-15(4)11-18/h5-13H,1-4H3,(H2,22,23,24,25). The molecule has 5 heteroatoms. The first kappa shape index (κ1) is 18.1. The summed E-state index contributed by atoms with van der Waals surface area (Å²) in [6.45, 7) is 8.36. The highest BCUT2D eigenvalue weighted by molar-refractivity contribution is 7.14. The molecule has 0 aliphatic heterocycles. The Hall–Kier alpha value is -2.66. The smallest absolute Gasteiger partial charge is 0.308 e. The molecule has 1 heterocycles. The Kier molecular flexibility index (Phi) is 5.38. The van der Waals surface area contributed by atoms with Crippen LogP contribution < -0.4 is 10.6 Å². The summed E-state index contributed by atoms with van der Waals surface area (Å²) in [6, 6.07) is 14.1. The zero-order valence-electron chi connectivity index (χ0n) is 15.5. The van der Waals surface area contributed by atoms with Crippen molar-refractivity contribution in [2.45, 2.75) is 33.6 Å². The number of anilines is 2. The Morgan fingerprint density at radius 3 is 2.27 bits per heavy atom. The first-order valence-corrected chi connectivity index (χ1v) is 9.51. The number of nitrogens with zero attached hydrogens (tertiary/aromatic N) is 1. The van der Waals surface area contributed by atoms with Crippen LogP contribution in [0.5, 0.6) is 0 Å². The highest BCUT2D eigenvalue weighted by atomic mass is 32.1. The molecule has 0 saturated carbocycles. The van der Waals surface area contributed by atoms with Gasteiger partial charge in [0.1, 0.15) is 0 Å². The molecular formula is C21H23N3OS. The fourth-order valence-corrected chi connectivity index (χ4v) is 3.52. The van der Waals surface area contributed by atoms with Crippen molar-refractivity contribution in [3.05, 3.63) is 64.5 Å². The van der Waals surface area contributed by atoms with Gasteiger partial charge in [0.05, 0.1) is 5.69 Å². The molecule has 1 aromatic heterocycles. The van der Waals surface area contributed by atoms with Crippen LogP contribution in [0.1, 0.15) is 36.5 Å². The molecule has 2 N–H and O–H groups in total. The van der Waals surface area contributed by atoms with Gasteiger partial charge in [0.2, 0.25) is 0 Å². The number of urea groups is 1. The zero-order chi connectivity index (χ0) is 18.7. The minimum atomic E-state index is -0.286. The van der Waals surface area contributed by atoms with E-state index >= 15 is 0 Å². The number of amides is 2. The van der Waals surface area contributed by atoms with Crippen molar-refractivity contribution in [2.24, 2.45) is 0 Å². The SMILES string of the molecule is Cc1cc(C)cc(NC(=O)Nc2nc(-c3ccc(C(C)C)cc3)cs2)c1. The van der Waals surface area contributed by atoms with Crippen LogP contribution in [0.4, 0.5) is 15.6 Å². The largest absolute Gasteiger partial charge is 0.325 e. The van der Waals surface area contributed by atoms with Gasteiger partial charge in [-0.3, -0.25) is 5.32 Å². The Balaban J connectivity index is 1.67. The average Bonchev–Trinajstić information content (AvgIpc) is 3.02. The summed E-state index contributed by atoms with van der Waals surface area (Å²) in [5, 5.41) is 8.20. The van der Waals surface area contributed by atoms with Crippen molar-refractivity contribution in [3.8, 4) is 11.3 Å². The van der Waals surface area contributed by atoms with Gasteiger partial charge in [-0.2, -0.15) is 0 Å². The van der Waals surface area contributed by atoms with Gasteiger partial charge in [0.25, 0.3) is 0 Å². The predicted octanol–water partition coefficient (Wildman–Crippen LogP) is 6.19. The van der Waals surface area contributed by atoms with E-state index in [4.69, 9.17) is 0 Å². The summed E-state index contributed by atoms with van der Waals surface area (Å²) in [5.41, 5.74) is 6.22. The molecule has 26 heavy (non-hydrogen) atoms. The average molecular weight is 366 g/mol. The fourth-order valence-electron chi connectivity index (χ4n) is 2.81. The molecule has 0 aliphatic rings. The molecule has 2 amide bonds. The first-order chi connectivity index (χ1) is 12.4. The van der Waals surface area contributed by atoms with Crippen molar-refractivity contribution < 1.29 is 4.79 Å². The summed E-state index contributed by atoms with van der Waals surface area (Å²) < 4.78 is 0. The van der Waals surface area contributed by atoms with Gasteiger partial charge in [0, 0.05) is 16.6 Å². The van der Waals surface area contributed by atoms with Crippen molar-refractivity contribution >= 4 is 28.2 Å². The van der Waals surface area contributed by atoms with Crippen LogP contribution in [0.3, 0.4) is 0 Å². The number of aryl methyl sites for hydroxylation is 2. The molecule has 2 aromatic carbocycles. The van der Waals surface area contributed by atoms with E-state index in [-0.39, 0.29) is 6.03 Å². The maximum absolute atomic E-state index is 12.2. The quantitative estimate of drug-likeness (QED) is 0.579. The van der Waals surface area contributed by atoms with E-state index in [9.17, 15) is 4.79 Å². The second-order valence-electron chi connectivity index (χ2n) is 6.77. The number of nitrogens with one attached hydrogen (secondary N) is 2. The van der Waals surface area contributed by atoms with E-state index < -0.39 is 0 Å². The third-order valence-electron chi connectivity index (χ3n) is 4.08. The lowest BCUT2D eigenvalue weighted by atomic mass is 10.0. The van der Waals surface area contributed by atoms with Crippen molar-refractivity contribution in [1.82, 2.24) is 4.98 Å². The summed E-state index contributed by atoms with van der Waals surface area (Å²) in [5.74, 6) is 0.505. The van der Waals surface area contributed by atoms with Gasteiger partial charge >= 0.3 is 6.03 Å². The predicted molar refractivity (Wildman–Crippen MR) is 110 cm³/mol. The van der Waals surface area contributed by atoms with E-state index in [2.05, 4.69) is 59.8 Å². The summed E-state index contributed by atoms with van der Waals surface area (Å²) >= 11 is 1.42. The van der Waals surface area contributed by atoms with Crippen LogP contribution in [-0.2, 0) is 0 Å². The third kappa shape index (κ3) is 4.49. The molecule has 0 saturated heterocycles. The monoisotopic (exact) mass is 365 g/mol. The number of carbonyl (C=O) groups excluding carboxylic acids is 1. The Bertz CT molecular complexity index is 893. The van der Waals surface area contributed by atoms with Crippen LogP contribution in [-0.4, -0.2) is 11.0 Å². The Labute approximate surface area is 158 Å². The highest BCUT2D eigenvalue weighted by Crippen LogP contribution is 2.26. The maximum Gasteiger partial charge on any atom is 0.325 e. The normalized spacial score (nSPS) is 10.8. The van der Waals surface area contributed by atoms with Gasteiger partial charge in [-0.15, -0.1) is 11.3 Å². The topological polar surface area (TPSA) is 54.0 Å². The summed E-state index contributed by atoms with van der Waals surface area (Å²) in [7, 11) is 0. The highest BCUT2D eigenvalue weighted by Gasteiger charge is 2.09. The van der Waals surface area contributed by atoms with Gasteiger partial charge < -0.3 is 5.32 Å². The van der Waals surface area contributed by atoms with Gasteiger partial charge in [-0.05, 0) is 48.6 Å². The third-order valence-corrected chi connectivity index (χ3v) is 4.84. The number of benzene rings is 2. The summed E-state index contributed by atoms with van der Waals surface area (Å²) in [6.07, 6.45) is 0. The minimum Gasteiger partial charge on any atom is -0.308 e. The number of carbonyl (C=O) groups is 1. The lowest BCUT2D eigenvalue weighted by Gasteiger charge is -2.07. The minimum absolute atomic E-state index is 0.286. The van der Waals surface area contributed by atoms with E-state index in [1.165, 1.54) is 16.9 Å². The zero-order valence-corrected chi connectivity index (χ0v) is 16.3. The van der Waals surface area contributed by atoms with Crippen LogP contribution in [0.15, 0.2) is 47.8 Å². The van der Waals surface area contributed by atoms with Crippen LogP contribution in [0, 0.1) is 13.8 Å². The van der Waals surface area contributed by atoms with Crippen LogP contribution in [0.2, 0.25) is 0 Å².